The van der Waals surface area contributed by atoms with E-state index in [1.165, 1.54) is 17.7 Å². The fraction of sp³-hybridized carbons (Fsp3) is 0.182. The third kappa shape index (κ3) is 3.88. The maximum absolute atomic E-state index is 13.2. The number of nitrogens with one attached hydrogen (secondary N) is 1. The lowest BCUT2D eigenvalue weighted by Gasteiger charge is -2.25. The molecule has 6 heteroatoms. The van der Waals surface area contributed by atoms with Crippen LogP contribution in [-0.4, -0.2) is 35.5 Å². The number of nitrogens with zero attached hydrogens (tertiary/aromatic N) is 3. The lowest BCUT2D eigenvalue weighted by atomic mass is 10.1. The number of benzene rings is 2. The molecule has 0 radical (unpaired) electrons. The lowest BCUT2D eigenvalue weighted by Crippen LogP contribution is -2.27. The molecule has 1 atom stereocenters. The van der Waals surface area contributed by atoms with Crippen molar-refractivity contribution in [3.05, 3.63) is 78.4 Å². The molecule has 0 saturated heterocycles. The average Bonchev–Trinajstić information content (AvgIpc) is 3.14. The first-order valence-electron chi connectivity index (χ1n) is 9.07. The van der Waals surface area contributed by atoms with Crippen LogP contribution in [-0.2, 0) is 0 Å². The number of hydrogen-bond donors (Lipinski definition) is 1. The van der Waals surface area contributed by atoms with Crippen LogP contribution < -0.4 is 5.32 Å². The van der Waals surface area contributed by atoms with Gasteiger partial charge in [0, 0.05) is 11.4 Å². The second-order valence-corrected chi connectivity index (χ2v) is 7.88. The highest BCUT2D eigenvalue weighted by Gasteiger charge is 2.16. The molecule has 0 amide bonds. The Morgan fingerprint density at radius 2 is 1.79 bits per heavy atom. The highest BCUT2D eigenvalue weighted by Crippen LogP contribution is 2.35. The van der Waals surface area contributed by atoms with Gasteiger partial charge < -0.3 is 10.2 Å². The largest absolute Gasteiger partial charge is 0.367 e. The van der Waals surface area contributed by atoms with E-state index < -0.39 is 0 Å². The first-order valence-corrected chi connectivity index (χ1v) is 9.89. The van der Waals surface area contributed by atoms with Crippen molar-refractivity contribution >= 4 is 27.4 Å². The van der Waals surface area contributed by atoms with Crippen LogP contribution in [0.3, 0.4) is 0 Å². The van der Waals surface area contributed by atoms with Crippen molar-refractivity contribution in [3.8, 4) is 10.4 Å². The molecular formula is C22H21FN4S. The zero-order valence-electron chi connectivity index (χ0n) is 15.8. The van der Waals surface area contributed by atoms with Gasteiger partial charge >= 0.3 is 0 Å². The summed E-state index contributed by atoms with van der Waals surface area (Å²) in [7, 11) is 4.15. The second kappa shape index (κ2) is 8.04. The number of likely N-dealkylation sites (N-methyl/N-ethyl adjacent to an activating group) is 1. The molecule has 0 aliphatic rings. The molecule has 2 aromatic carbocycles. The van der Waals surface area contributed by atoms with Gasteiger partial charge in [-0.1, -0.05) is 42.5 Å². The number of aromatic nitrogens is 2. The average molecular weight is 393 g/mol. The summed E-state index contributed by atoms with van der Waals surface area (Å²) >= 11 is 1.62. The number of anilines is 1. The van der Waals surface area contributed by atoms with Crippen LogP contribution >= 0.6 is 11.3 Å². The van der Waals surface area contributed by atoms with Gasteiger partial charge in [0.2, 0.25) is 0 Å². The Morgan fingerprint density at radius 3 is 2.50 bits per heavy atom. The first-order chi connectivity index (χ1) is 13.6. The second-order valence-electron chi connectivity index (χ2n) is 6.83. The van der Waals surface area contributed by atoms with Crippen molar-refractivity contribution in [2.75, 3.05) is 26.0 Å². The molecule has 0 bridgehead atoms. The van der Waals surface area contributed by atoms with Crippen molar-refractivity contribution < 1.29 is 4.39 Å². The van der Waals surface area contributed by atoms with Gasteiger partial charge in [-0.2, -0.15) is 0 Å². The van der Waals surface area contributed by atoms with E-state index in [-0.39, 0.29) is 11.9 Å². The van der Waals surface area contributed by atoms with Crippen LogP contribution in [0.1, 0.15) is 11.6 Å². The molecule has 2 heterocycles. The molecule has 0 saturated carbocycles. The molecule has 0 aliphatic carbocycles. The highest BCUT2D eigenvalue weighted by molar-refractivity contribution is 7.22. The van der Waals surface area contributed by atoms with E-state index in [9.17, 15) is 4.39 Å². The summed E-state index contributed by atoms with van der Waals surface area (Å²) < 4.78 is 14.2. The molecule has 0 fully saturated rings. The number of rotatable bonds is 6. The molecule has 28 heavy (non-hydrogen) atoms. The van der Waals surface area contributed by atoms with Crippen LogP contribution in [0.2, 0.25) is 0 Å². The number of fused-ring (bicyclic) bond motifs is 1. The standard InChI is InChI=1S/C22H21FN4S/c1-27(2)19(15-6-4-3-5-7-15)13-24-22-21-18(25-14-26-22)12-20(28-21)16-8-10-17(23)11-9-16/h3-12,14,19H,13H2,1-2H3,(H,24,25,26). The van der Waals surface area contributed by atoms with Crippen LogP contribution in [0.25, 0.3) is 20.7 Å². The van der Waals surface area contributed by atoms with E-state index >= 15 is 0 Å². The van der Waals surface area contributed by atoms with Crippen molar-refractivity contribution in [2.45, 2.75) is 6.04 Å². The summed E-state index contributed by atoms with van der Waals surface area (Å²) in [4.78, 5) is 12.1. The summed E-state index contributed by atoms with van der Waals surface area (Å²) in [6, 6.07) is 19.2. The van der Waals surface area contributed by atoms with Gasteiger partial charge in [-0.3, -0.25) is 0 Å². The molecule has 2 aromatic heterocycles. The van der Waals surface area contributed by atoms with Crippen LogP contribution in [0.15, 0.2) is 67.0 Å². The Labute approximate surface area is 167 Å². The highest BCUT2D eigenvalue weighted by atomic mass is 32.1. The smallest absolute Gasteiger partial charge is 0.147 e. The summed E-state index contributed by atoms with van der Waals surface area (Å²) in [6.45, 7) is 0.729. The Balaban J connectivity index is 1.61. The first kappa shape index (κ1) is 18.5. The van der Waals surface area contributed by atoms with Gasteiger partial charge in [-0.25, -0.2) is 14.4 Å². The van der Waals surface area contributed by atoms with E-state index in [1.54, 1.807) is 29.8 Å². The molecular weight excluding hydrogens is 371 g/mol. The lowest BCUT2D eigenvalue weighted by molar-refractivity contribution is 0.311. The minimum absolute atomic E-state index is 0.225. The maximum atomic E-state index is 13.2. The number of hydrogen-bond acceptors (Lipinski definition) is 5. The topological polar surface area (TPSA) is 41.0 Å². The molecule has 0 spiro atoms. The molecule has 4 rings (SSSR count). The Bertz CT molecular complexity index is 1060. The van der Waals surface area contributed by atoms with Gasteiger partial charge in [0.1, 0.15) is 18.0 Å². The van der Waals surface area contributed by atoms with E-state index in [0.717, 1.165) is 33.0 Å². The summed E-state index contributed by atoms with van der Waals surface area (Å²) in [5.41, 5.74) is 3.12. The number of thiophene rings is 1. The van der Waals surface area contributed by atoms with E-state index in [1.807, 2.05) is 12.1 Å². The monoisotopic (exact) mass is 392 g/mol. The quantitative estimate of drug-likeness (QED) is 0.489. The molecule has 1 unspecified atom stereocenters. The predicted octanol–water partition coefficient (Wildman–Crippen LogP) is 5.21. The van der Waals surface area contributed by atoms with Crippen molar-refractivity contribution in [3.63, 3.8) is 0 Å². The zero-order chi connectivity index (χ0) is 19.5. The van der Waals surface area contributed by atoms with Gasteiger partial charge in [0.15, 0.2) is 0 Å². The van der Waals surface area contributed by atoms with Gasteiger partial charge in [-0.15, -0.1) is 11.3 Å². The summed E-state index contributed by atoms with van der Waals surface area (Å²) in [5, 5.41) is 3.50. The van der Waals surface area contributed by atoms with Gasteiger partial charge in [-0.05, 0) is 43.4 Å². The number of halogens is 1. The Morgan fingerprint density at radius 1 is 1.04 bits per heavy atom. The van der Waals surface area contributed by atoms with Crippen LogP contribution in [0.5, 0.6) is 0 Å². The normalized spacial score (nSPS) is 12.4. The molecule has 0 aliphatic heterocycles. The van der Waals surface area contributed by atoms with E-state index in [2.05, 4.69) is 58.5 Å². The molecule has 1 N–H and O–H groups in total. The Hall–Kier alpha value is -2.83. The molecule has 4 nitrogen and oxygen atoms in total. The minimum Gasteiger partial charge on any atom is -0.367 e. The third-order valence-electron chi connectivity index (χ3n) is 4.71. The Kier molecular flexibility index (Phi) is 5.32. The van der Waals surface area contributed by atoms with Crippen LogP contribution in [0, 0.1) is 5.82 Å². The SMILES string of the molecule is CN(C)C(CNc1ncnc2cc(-c3ccc(F)cc3)sc12)c1ccccc1. The summed E-state index contributed by atoms with van der Waals surface area (Å²) in [5.74, 6) is 0.591. The van der Waals surface area contributed by atoms with Crippen molar-refractivity contribution in [1.29, 1.82) is 0 Å². The maximum Gasteiger partial charge on any atom is 0.147 e. The third-order valence-corrected chi connectivity index (χ3v) is 5.89. The van der Waals surface area contributed by atoms with E-state index in [4.69, 9.17) is 0 Å². The zero-order valence-corrected chi connectivity index (χ0v) is 16.6. The van der Waals surface area contributed by atoms with Crippen molar-refractivity contribution in [1.82, 2.24) is 14.9 Å². The van der Waals surface area contributed by atoms with E-state index in [0.29, 0.717) is 0 Å². The predicted molar refractivity (Wildman–Crippen MR) is 114 cm³/mol. The summed E-state index contributed by atoms with van der Waals surface area (Å²) in [6.07, 6.45) is 1.58. The van der Waals surface area contributed by atoms with Gasteiger partial charge in [0.05, 0.1) is 16.3 Å². The van der Waals surface area contributed by atoms with Crippen LogP contribution in [0.4, 0.5) is 10.2 Å². The fourth-order valence-electron chi connectivity index (χ4n) is 3.20. The fourth-order valence-corrected chi connectivity index (χ4v) is 4.29. The van der Waals surface area contributed by atoms with Crippen molar-refractivity contribution in [2.24, 2.45) is 0 Å². The minimum atomic E-state index is -0.234. The molecule has 4 aromatic rings. The molecule has 142 valence electrons. The van der Waals surface area contributed by atoms with Gasteiger partial charge in [0.25, 0.3) is 0 Å².